The third kappa shape index (κ3) is 5.89. The summed E-state index contributed by atoms with van der Waals surface area (Å²) < 4.78 is 0. The van der Waals surface area contributed by atoms with Crippen molar-refractivity contribution in [3.8, 4) is 0 Å². The van der Waals surface area contributed by atoms with Crippen LogP contribution in [0.25, 0.3) is 0 Å². The van der Waals surface area contributed by atoms with E-state index in [-0.39, 0.29) is 18.1 Å². The van der Waals surface area contributed by atoms with Crippen LogP contribution in [-0.4, -0.2) is 72.7 Å². The smallest absolute Gasteiger partial charge is 0.223 e. The zero-order chi connectivity index (χ0) is 14.4. The van der Waals surface area contributed by atoms with E-state index in [2.05, 4.69) is 24.1 Å². The lowest BCUT2D eigenvalue weighted by Gasteiger charge is -2.27. The maximum absolute atomic E-state index is 12.2. The van der Waals surface area contributed by atoms with Gasteiger partial charge in [-0.1, -0.05) is 13.8 Å². The third-order valence-electron chi connectivity index (χ3n) is 3.41. The summed E-state index contributed by atoms with van der Waals surface area (Å²) >= 11 is 0. The SMILES string of the molecule is CC(C)NCCCC(=O)N1CC(O)CC1CN(C)C. The number of hydrogen-bond acceptors (Lipinski definition) is 4. The minimum atomic E-state index is -0.359. The first-order valence-corrected chi connectivity index (χ1v) is 7.25. The fourth-order valence-corrected chi connectivity index (χ4v) is 2.57. The molecular weight excluding hydrogens is 242 g/mol. The van der Waals surface area contributed by atoms with Crippen molar-refractivity contribution < 1.29 is 9.90 Å². The lowest BCUT2D eigenvalue weighted by Crippen LogP contribution is -2.41. The summed E-state index contributed by atoms with van der Waals surface area (Å²) in [6.07, 6.45) is 1.77. The zero-order valence-corrected chi connectivity index (χ0v) is 12.7. The van der Waals surface area contributed by atoms with E-state index < -0.39 is 0 Å². The molecule has 0 spiro atoms. The highest BCUT2D eigenvalue weighted by molar-refractivity contribution is 5.77. The molecule has 0 radical (unpaired) electrons. The second-order valence-electron chi connectivity index (χ2n) is 6.06. The van der Waals surface area contributed by atoms with Crippen LogP contribution in [0.3, 0.4) is 0 Å². The number of hydrogen-bond donors (Lipinski definition) is 2. The highest BCUT2D eigenvalue weighted by Crippen LogP contribution is 2.19. The Kier molecular flexibility index (Phi) is 6.75. The number of β-amino-alcohol motifs (C(OH)–C–C–N with tert-alkyl or cyclic N) is 1. The highest BCUT2D eigenvalue weighted by atomic mass is 16.3. The van der Waals surface area contributed by atoms with Gasteiger partial charge in [0.05, 0.1) is 6.10 Å². The molecule has 5 nitrogen and oxygen atoms in total. The molecule has 0 aromatic carbocycles. The number of nitrogens with zero attached hydrogens (tertiary/aromatic N) is 2. The van der Waals surface area contributed by atoms with E-state index in [1.807, 2.05) is 19.0 Å². The summed E-state index contributed by atoms with van der Waals surface area (Å²) in [5.74, 6) is 0.175. The van der Waals surface area contributed by atoms with E-state index in [1.54, 1.807) is 0 Å². The van der Waals surface area contributed by atoms with Gasteiger partial charge in [-0.15, -0.1) is 0 Å². The number of carbonyl (C=O) groups excluding carboxylic acids is 1. The Balaban J connectivity index is 2.36. The number of likely N-dealkylation sites (N-methyl/N-ethyl adjacent to an activating group) is 1. The molecular formula is C14H29N3O2. The second-order valence-corrected chi connectivity index (χ2v) is 6.06. The number of rotatable bonds is 7. The van der Waals surface area contributed by atoms with Crippen molar-refractivity contribution in [2.75, 3.05) is 33.7 Å². The molecule has 0 aromatic heterocycles. The maximum atomic E-state index is 12.2. The molecule has 1 aliphatic heterocycles. The molecule has 0 bridgehead atoms. The van der Waals surface area contributed by atoms with Gasteiger partial charge in [-0.25, -0.2) is 0 Å². The van der Waals surface area contributed by atoms with Crippen molar-refractivity contribution >= 4 is 5.91 Å². The summed E-state index contributed by atoms with van der Waals surface area (Å²) in [6.45, 7) is 6.40. The standard InChI is InChI=1S/C14H29N3O2/c1-11(2)15-7-5-6-14(19)17-10-13(18)8-12(17)9-16(3)4/h11-13,15,18H,5-10H2,1-4H3. The van der Waals surface area contributed by atoms with E-state index in [1.165, 1.54) is 0 Å². The lowest BCUT2D eigenvalue weighted by molar-refractivity contribution is -0.132. The van der Waals surface area contributed by atoms with Gasteiger partial charge < -0.3 is 20.2 Å². The number of likely N-dealkylation sites (tertiary alicyclic amines) is 1. The fourth-order valence-electron chi connectivity index (χ4n) is 2.57. The van der Waals surface area contributed by atoms with E-state index >= 15 is 0 Å². The molecule has 2 unspecified atom stereocenters. The minimum absolute atomic E-state index is 0.163. The average molecular weight is 271 g/mol. The van der Waals surface area contributed by atoms with Crippen molar-refractivity contribution in [2.24, 2.45) is 0 Å². The molecule has 0 saturated carbocycles. The van der Waals surface area contributed by atoms with Crippen molar-refractivity contribution in [3.05, 3.63) is 0 Å². The van der Waals surface area contributed by atoms with Crippen LogP contribution in [0.5, 0.6) is 0 Å². The number of carbonyl (C=O) groups is 1. The predicted octanol–water partition coefficient (Wildman–Crippen LogP) is 0.288. The molecule has 0 aliphatic carbocycles. The zero-order valence-electron chi connectivity index (χ0n) is 12.7. The molecule has 1 rings (SSSR count). The van der Waals surface area contributed by atoms with Crippen LogP contribution in [0.1, 0.15) is 33.1 Å². The quantitative estimate of drug-likeness (QED) is 0.654. The van der Waals surface area contributed by atoms with Gasteiger partial charge in [0, 0.05) is 31.6 Å². The summed E-state index contributed by atoms with van der Waals surface area (Å²) in [7, 11) is 4.00. The Hall–Kier alpha value is -0.650. The van der Waals surface area contributed by atoms with Crippen LogP contribution in [0, 0.1) is 0 Å². The van der Waals surface area contributed by atoms with Crippen LogP contribution >= 0.6 is 0 Å². The van der Waals surface area contributed by atoms with Gasteiger partial charge in [0.15, 0.2) is 0 Å². The van der Waals surface area contributed by atoms with Crippen LogP contribution < -0.4 is 5.32 Å². The van der Waals surface area contributed by atoms with Crippen molar-refractivity contribution in [1.82, 2.24) is 15.1 Å². The van der Waals surface area contributed by atoms with E-state index in [4.69, 9.17) is 0 Å². The molecule has 2 N–H and O–H groups in total. The first kappa shape index (κ1) is 16.4. The van der Waals surface area contributed by atoms with Gasteiger partial charge in [-0.3, -0.25) is 4.79 Å². The lowest BCUT2D eigenvalue weighted by atomic mass is 10.2. The van der Waals surface area contributed by atoms with Gasteiger partial charge >= 0.3 is 0 Å². The molecule has 1 saturated heterocycles. The monoisotopic (exact) mass is 271 g/mol. The Morgan fingerprint density at radius 2 is 2.16 bits per heavy atom. The number of aliphatic hydroxyl groups excluding tert-OH is 1. The normalized spacial score (nSPS) is 23.6. The van der Waals surface area contributed by atoms with Gasteiger partial charge in [-0.2, -0.15) is 0 Å². The topological polar surface area (TPSA) is 55.8 Å². The van der Waals surface area contributed by atoms with E-state index in [0.717, 1.165) is 19.5 Å². The summed E-state index contributed by atoms with van der Waals surface area (Å²) in [5.41, 5.74) is 0. The Labute approximate surface area is 117 Å². The van der Waals surface area contributed by atoms with Crippen LogP contribution in [0.4, 0.5) is 0 Å². The van der Waals surface area contributed by atoms with Crippen LogP contribution in [-0.2, 0) is 4.79 Å². The number of aliphatic hydroxyl groups is 1. The molecule has 1 aliphatic rings. The first-order valence-electron chi connectivity index (χ1n) is 7.25. The highest BCUT2D eigenvalue weighted by Gasteiger charge is 2.33. The molecule has 1 amide bonds. The Bertz CT molecular complexity index is 282. The molecule has 1 heterocycles. The molecule has 0 aromatic rings. The molecule has 19 heavy (non-hydrogen) atoms. The van der Waals surface area contributed by atoms with Gasteiger partial charge in [-0.05, 0) is 33.5 Å². The predicted molar refractivity (Wildman–Crippen MR) is 77.1 cm³/mol. The fraction of sp³-hybridized carbons (Fsp3) is 0.929. The second kappa shape index (κ2) is 7.82. The largest absolute Gasteiger partial charge is 0.391 e. The summed E-state index contributed by atoms with van der Waals surface area (Å²) in [6, 6.07) is 0.626. The Morgan fingerprint density at radius 3 is 2.74 bits per heavy atom. The summed E-state index contributed by atoms with van der Waals surface area (Å²) in [5, 5.41) is 13.1. The molecule has 5 heteroatoms. The van der Waals surface area contributed by atoms with Gasteiger partial charge in [0.2, 0.25) is 5.91 Å². The first-order chi connectivity index (χ1) is 8.90. The van der Waals surface area contributed by atoms with E-state index in [0.29, 0.717) is 25.4 Å². The molecule has 1 fully saturated rings. The van der Waals surface area contributed by atoms with Crippen LogP contribution in [0.15, 0.2) is 0 Å². The van der Waals surface area contributed by atoms with Crippen molar-refractivity contribution in [3.63, 3.8) is 0 Å². The van der Waals surface area contributed by atoms with Crippen molar-refractivity contribution in [1.29, 1.82) is 0 Å². The Morgan fingerprint density at radius 1 is 1.47 bits per heavy atom. The van der Waals surface area contributed by atoms with Gasteiger partial charge in [0.1, 0.15) is 0 Å². The van der Waals surface area contributed by atoms with E-state index in [9.17, 15) is 9.90 Å². The average Bonchev–Trinajstić information content (AvgIpc) is 2.64. The maximum Gasteiger partial charge on any atom is 0.223 e. The summed E-state index contributed by atoms with van der Waals surface area (Å²) in [4.78, 5) is 16.1. The van der Waals surface area contributed by atoms with Gasteiger partial charge in [0.25, 0.3) is 0 Å². The molecule has 2 atom stereocenters. The minimum Gasteiger partial charge on any atom is -0.391 e. The molecule has 112 valence electrons. The van der Waals surface area contributed by atoms with Crippen molar-refractivity contribution in [2.45, 2.75) is 51.3 Å². The third-order valence-corrected chi connectivity index (χ3v) is 3.41. The number of amides is 1. The number of nitrogens with one attached hydrogen (secondary N) is 1. The van der Waals surface area contributed by atoms with Crippen LogP contribution in [0.2, 0.25) is 0 Å².